The Morgan fingerprint density at radius 3 is 2.29 bits per heavy atom. The lowest BCUT2D eigenvalue weighted by atomic mass is 10.7. The fourth-order valence-electron chi connectivity index (χ4n) is 0.175. The van der Waals surface area contributed by atoms with Crippen LogP contribution in [-0.2, 0) is 0 Å². The summed E-state index contributed by atoms with van der Waals surface area (Å²) >= 11 is 0. The van der Waals surface area contributed by atoms with Gasteiger partial charge < -0.3 is 4.90 Å². The van der Waals surface area contributed by atoms with E-state index in [1.807, 2.05) is 19.0 Å². The van der Waals surface area contributed by atoms with Crippen LogP contribution in [0.25, 0.3) is 0 Å². The van der Waals surface area contributed by atoms with E-state index < -0.39 is 0 Å². The molecule has 0 aromatic rings. The molecule has 0 bridgehead atoms. The maximum absolute atomic E-state index is 3.34. The first-order chi connectivity index (χ1) is 3.27. The lowest BCUT2D eigenvalue weighted by Crippen LogP contribution is -1.98. The van der Waals surface area contributed by atoms with Gasteiger partial charge in [-0.2, -0.15) is 0 Å². The molecule has 0 spiro atoms. The minimum Gasteiger partial charge on any atom is -0.377 e. The van der Waals surface area contributed by atoms with Crippen LogP contribution in [0.1, 0.15) is 0 Å². The second-order valence-electron chi connectivity index (χ2n) is 1.41. The Balaban J connectivity index is 3.69. The highest BCUT2D eigenvalue weighted by Gasteiger charge is 1.65. The van der Waals surface area contributed by atoms with Crippen molar-refractivity contribution < 1.29 is 0 Å². The van der Waals surface area contributed by atoms with Gasteiger partial charge in [0.2, 0.25) is 0 Å². The zero-order chi connectivity index (χ0) is 5.70. The van der Waals surface area contributed by atoms with E-state index in [0.29, 0.717) is 0 Å². The molecule has 0 unspecified atom stereocenters. The molecule has 0 amide bonds. The molecule has 38 valence electrons. The molecular formula is C6H9N. The van der Waals surface area contributed by atoms with Gasteiger partial charge in [-0.25, -0.2) is 0 Å². The molecule has 0 aliphatic heterocycles. The zero-order valence-electron chi connectivity index (χ0n) is 4.73. The van der Waals surface area contributed by atoms with Crippen molar-refractivity contribution >= 4 is 0 Å². The summed E-state index contributed by atoms with van der Waals surface area (Å²) in [6.45, 7) is 3.34. The van der Waals surface area contributed by atoms with Crippen molar-refractivity contribution in [3.63, 3.8) is 0 Å². The summed E-state index contributed by atoms with van der Waals surface area (Å²) in [5, 5.41) is 0. The molecule has 0 heterocycles. The van der Waals surface area contributed by atoms with Gasteiger partial charge in [-0.05, 0) is 6.58 Å². The second-order valence-corrected chi connectivity index (χ2v) is 1.41. The lowest BCUT2D eigenvalue weighted by Gasteiger charge is -1.97. The molecule has 0 saturated carbocycles. The summed E-state index contributed by atoms with van der Waals surface area (Å²) in [5.74, 6) is 0. The summed E-state index contributed by atoms with van der Waals surface area (Å²) in [5.41, 5.74) is 5.19. The first-order valence-corrected chi connectivity index (χ1v) is 2.04. The third-order valence-corrected chi connectivity index (χ3v) is 0.425. The van der Waals surface area contributed by atoms with Crippen LogP contribution in [0.5, 0.6) is 0 Å². The molecule has 0 N–H and O–H groups in total. The zero-order valence-corrected chi connectivity index (χ0v) is 4.73. The Morgan fingerprint density at radius 2 is 2.14 bits per heavy atom. The molecule has 0 aromatic heterocycles. The average molecular weight is 95.1 g/mol. The third kappa shape index (κ3) is 5.10. The fourth-order valence-corrected chi connectivity index (χ4v) is 0.175. The second kappa shape index (κ2) is 3.30. The van der Waals surface area contributed by atoms with Crippen LogP contribution in [0.3, 0.4) is 0 Å². The predicted octanol–water partition coefficient (Wildman–Crippen LogP) is 1.00. The monoisotopic (exact) mass is 95.1 g/mol. The van der Waals surface area contributed by atoms with Crippen molar-refractivity contribution in [2.75, 3.05) is 14.1 Å². The molecular weight excluding hydrogens is 86.1 g/mol. The maximum atomic E-state index is 3.34. The van der Waals surface area contributed by atoms with E-state index in [0.717, 1.165) is 0 Å². The number of nitrogens with zero attached hydrogens (tertiary/aromatic N) is 1. The molecule has 0 atom stereocenters. The molecule has 7 heavy (non-hydrogen) atoms. The van der Waals surface area contributed by atoms with Crippen LogP contribution >= 0.6 is 0 Å². The van der Waals surface area contributed by atoms with E-state index >= 15 is 0 Å². The van der Waals surface area contributed by atoms with E-state index in [9.17, 15) is 0 Å². The number of rotatable bonds is 1. The SMILES string of the molecule is C=C=C=CN(C)C. The highest BCUT2D eigenvalue weighted by molar-refractivity contribution is 4.77. The van der Waals surface area contributed by atoms with Gasteiger partial charge in [0, 0.05) is 14.1 Å². The third-order valence-electron chi connectivity index (χ3n) is 0.425. The van der Waals surface area contributed by atoms with Crippen molar-refractivity contribution in [3.8, 4) is 0 Å². The Hall–Kier alpha value is -0.900. The number of hydrogen-bond donors (Lipinski definition) is 0. The largest absolute Gasteiger partial charge is 0.377 e. The van der Waals surface area contributed by atoms with Gasteiger partial charge in [-0.1, -0.05) is 11.5 Å². The summed E-state index contributed by atoms with van der Waals surface area (Å²) in [4.78, 5) is 1.87. The van der Waals surface area contributed by atoms with E-state index in [2.05, 4.69) is 18.0 Å². The van der Waals surface area contributed by atoms with Crippen molar-refractivity contribution in [1.29, 1.82) is 0 Å². The van der Waals surface area contributed by atoms with Crippen LogP contribution in [0.4, 0.5) is 0 Å². The highest BCUT2D eigenvalue weighted by Crippen LogP contribution is 1.68. The molecule has 1 nitrogen and oxygen atoms in total. The topological polar surface area (TPSA) is 3.24 Å². The predicted molar refractivity (Wildman–Crippen MR) is 30.9 cm³/mol. The standard InChI is InChI=1S/C6H9N/c1-4-5-6-7(2)3/h6H,1H2,2-3H3. The molecule has 0 aliphatic carbocycles. The Kier molecular flexibility index (Phi) is 2.87. The van der Waals surface area contributed by atoms with Crippen LogP contribution < -0.4 is 0 Å². The van der Waals surface area contributed by atoms with Crippen LogP contribution in [-0.4, -0.2) is 19.0 Å². The van der Waals surface area contributed by atoms with E-state index in [1.165, 1.54) is 0 Å². The summed E-state index contributed by atoms with van der Waals surface area (Å²) in [6, 6.07) is 0. The van der Waals surface area contributed by atoms with Crippen LogP contribution in [0.15, 0.2) is 24.2 Å². The quantitative estimate of drug-likeness (QED) is 0.439. The molecule has 0 saturated heterocycles. The minimum atomic E-state index is 1.76. The first kappa shape index (κ1) is 6.10. The first-order valence-electron chi connectivity index (χ1n) is 2.04. The number of hydrogen-bond acceptors (Lipinski definition) is 1. The Bertz CT molecular complexity index is 112. The molecule has 0 aliphatic rings. The van der Waals surface area contributed by atoms with Gasteiger partial charge in [-0.15, -0.1) is 0 Å². The van der Waals surface area contributed by atoms with Gasteiger partial charge in [0.15, 0.2) is 0 Å². The molecule has 0 rings (SSSR count). The minimum absolute atomic E-state index is 1.76. The fraction of sp³-hybridized carbons (Fsp3) is 0.333. The van der Waals surface area contributed by atoms with Crippen molar-refractivity contribution in [1.82, 2.24) is 4.90 Å². The van der Waals surface area contributed by atoms with Gasteiger partial charge in [-0.3, -0.25) is 0 Å². The average Bonchev–Trinajstić information content (AvgIpc) is 1.61. The Morgan fingerprint density at radius 1 is 1.57 bits per heavy atom. The Labute approximate surface area is 44.3 Å². The molecule has 0 aromatic carbocycles. The summed E-state index contributed by atoms with van der Waals surface area (Å²) in [7, 11) is 3.84. The normalized spacial score (nSPS) is 6.00. The lowest BCUT2D eigenvalue weighted by molar-refractivity contribution is 0.565. The van der Waals surface area contributed by atoms with E-state index in [4.69, 9.17) is 0 Å². The van der Waals surface area contributed by atoms with E-state index in [1.54, 1.807) is 6.20 Å². The van der Waals surface area contributed by atoms with Gasteiger partial charge >= 0.3 is 0 Å². The van der Waals surface area contributed by atoms with Crippen LogP contribution in [0, 0.1) is 0 Å². The molecule has 1 heteroatoms. The van der Waals surface area contributed by atoms with Gasteiger partial charge in [0.05, 0.1) is 6.20 Å². The van der Waals surface area contributed by atoms with Crippen molar-refractivity contribution in [2.24, 2.45) is 0 Å². The smallest absolute Gasteiger partial charge is 0.0503 e. The highest BCUT2D eigenvalue weighted by atomic mass is 15.0. The van der Waals surface area contributed by atoms with Crippen LogP contribution in [0.2, 0.25) is 0 Å². The summed E-state index contributed by atoms with van der Waals surface area (Å²) < 4.78 is 0. The van der Waals surface area contributed by atoms with Crippen molar-refractivity contribution in [2.45, 2.75) is 0 Å². The molecule has 0 fully saturated rings. The molecule has 0 radical (unpaired) electrons. The van der Waals surface area contributed by atoms with Gasteiger partial charge in [0.25, 0.3) is 0 Å². The maximum Gasteiger partial charge on any atom is 0.0503 e. The van der Waals surface area contributed by atoms with Gasteiger partial charge in [0.1, 0.15) is 0 Å². The summed E-state index contributed by atoms with van der Waals surface area (Å²) in [6.07, 6.45) is 1.76. The van der Waals surface area contributed by atoms with E-state index in [-0.39, 0.29) is 0 Å². The van der Waals surface area contributed by atoms with Crippen molar-refractivity contribution in [3.05, 3.63) is 24.2 Å².